The highest BCUT2D eigenvalue weighted by Crippen LogP contribution is 2.46. The van der Waals surface area contributed by atoms with Crippen LogP contribution in [0.25, 0.3) is 32.5 Å². The Bertz CT molecular complexity index is 1110. The van der Waals surface area contributed by atoms with Crippen LogP contribution in [0.4, 0.5) is 0 Å². The summed E-state index contributed by atoms with van der Waals surface area (Å²) in [6.07, 6.45) is 5.84. The third kappa shape index (κ3) is 2.53. The molecule has 6 heteroatoms. The van der Waals surface area contributed by atoms with Gasteiger partial charge in [0.05, 0.1) is 11.8 Å². The van der Waals surface area contributed by atoms with E-state index < -0.39 is 6.10 Å². The van der Waals surface area contributed by atoms with E-state index in [-0.39, 0.29) is 0 Å². The largest absolute Gasteiger partial charge is 0.388 e. The van der Waals surface area contributed by atoms with Gasteiger partial charge < -0.3 is 5.11 Å². The molecule has 126 valence electrons. The van der Waals surface area contributed by atoms with Crippen molar-refractivity contribution in [1.29, 1.82) is 0 Å². The number of hydrogen-bond donors (Lipinski definition) is 1. The number of aliphatic hydroxyl groups excluding tert-OH is 1. The highest BCUT2D eigenvalue weighted by atomic mass is 32.1. The number of fused-ring (bicyclic) bond motifs is 2. The van der Waals surface area contributed by atoms with E-state index in [2.05, 4.69) is 28.3 Å². The van der Waals surface area contributed by atoms with Crippen molar-refractivity contribution in [3.05, 3.63) is 41.0 Å². The summed E-state index contributed by atoms with van der Waals surface area (Å²) >= 11 is 1.58. The fourth-order valence-electron chi connectivity index (χ4n) is 3.32. The molecule has 0 bridgehead atoms. The normalized spacial score (nSPS) is 16.0. The fraction of sp³-hybridized carbons (Fsp3) is 0.316. The summed E-state index contributed by atoms with van der Waals surface area (Å²) < 4.78 is 1.78. The molecule has 25 heavy (non-hydrogen) atoms. The Morgan fingerprint density at radius 1 is 1.28 bits per heavy atom. The van der Waals surface area contributed by atoms with Gasteiger partial charge in [-0.25, -0.2) is 9.97 Å². The van der Waals surface area contributed by atoms with Crippen molar-refractivity contribution in [3.63, 3.8) is 0 Å². The van der Waals surface area contributed by atoms with Crippen LogP contribution in [0.15, 0.2) is 30.6 Å². The van der Waals surface area contributed by atoms with Crippen molar-refractivity contribution in [1.82, 2.24) is 19.7 Å². The van der Waals surface area contributed by atoms with Crippen molar-refractivity contribution in [2.24, 2.45) is 7.05 Å². The molecule has 0 aliphatic heterocycles. The van der Waals surface area contributed by atoms with Gasteiger partial charge in [-0.3, -0.25) is 4.68 Å². The molecule has 5 nitrogen and oxygen atoms in total. The first-order valence-corrected chi connectivity index (χ1v) is 9.32. The summed E-state index contributed by atoms with van der Waals surface area (Å²) in [6, 6.07) is 6.42. The quantitative estimate of drug-likeness (QED) is 0.602. The lowest BCUT2D eigenvalue weighted by molar-refractivity contribution is 0.203. The summed E-state index contributed by atoms with van der Waals surface area (Å²) in [4.78, 5) is 11.3. The molecule has 1 atom stereocenters. The smallest absolute Gasteiger partial charge is 0.181 e. The van der Waals surface area contributed by atoms with Crippen molar-refractivity contribution < 1.29 is 5.11 Å². The van der Waals surface area contributed by atoms with Gasteiger partial charge in [0.2, 0.25) is 0 Å². The Morgan fingerprint density at radius 2 is 2.12 bits per heavy atom. The SMILES string of the molecule is C[C@@H](O)c1cc2c(C3CC3)cc(-c3cnc4nn(C)cc4c3)nc2s1. The summed E-state index contributed by atoms with van der Waals surface area (Å²) in [5.74, 6) is 0.621. The third-order valence-corrected chi connectivity index (χ3v) is 5.95. The Balaban J connectivity index is 1.71. The average molecular weight is 350 g/mol. The minimum Gasteiger partial charge on any atom is -0.388 e. The van der Waals surface area contributed by atoms with Gasteiger partial charge in [-0.1, -0.05) is 0 Å². The maximum Gasteiger partial charge on any atom is 0.181 e. The topological polar surface area (TPSA) is 63.8 Å². The molecular weight excluding hydrogens is 332 g/mol. The molecule has 1 aliphatic rings. The standard InChI is InChI=1S/C19H18N4OS/c1-10(24)17-7-15-14(11-3-4-11)6-16(21-19(15)25-17)12-5-13-9-23(2)22-18(13)20-8-12/h5-11,24H,3-4H2,1-2H3/t10-/m1/s1. The van der Waals surface area contributed by atoms with Gasteiger partial charge in [0.25, 0.3) is 0 Å². The van der Waals surface area contributed by atoms with E-state index in [0.717, 1.165) is 32.0 Å². The molecule has 4 aromatic heterocycles. The van der Waals surface area contributed by atoms with Crippen molar-refractivity contribution >= 4 is 32.6 Å². The highest BCUT2D eigenvalue weighted by Gasteiger charge is 2.27. The summed E-state index contributed by atoms with van der Waals surface area (Å²) in [6.45, 7) is 1.81. The van der Waals surface area contributed by atoms with Crippen LogP contribution in [-0.4, -0.2) is 24.9 Å². The van der Waals surface area contributed by atoms with E-state index in [1.807, 2.05) is 26.4 Å². The van der Waals surface area contributed by atoms with Crippen LogP contribution >= 0.6 is 11.3 Å². The molecule has 0 saturated heterocycles. The van der Waals surface area contributed by atoms with E-state index in [0.29, 0.717) is 5.92 Å². The van der Waals surface area contributed by atoms with Crippen LogP contribution in [-0.2, 0) is 7.05 Å². The molecule has 1 aliphatic carbocycles. The molecule has 0 aromatic carbocycles. The molecule has 1 saturated carbocycles. The first kappa shape index (κ1) is 15.0. The zero-order chi connectivity index (χ0) is 17.1. The minimum absolute atomic E-state index is 0.455. The van der Waals surface area contributed by atoms with Gasteiger partial charge in [0.1, 0.15) is 4.83 Å². The second-order valence-electron chi connectivity index (χ2n) is 6.85. The molecule has 0 amide bonds. The van der Waals surface area contributed by atoms with E-state index in [1.54, 1.807) is 16.0 Å². The predicted molar refractivity (Wildman–Crippen MR) is 99.7 cm³/mol. The Hall–Kier alpha value is -2.31. The molecule has 0 unspecified atom stereocenters. The molecule has 0 radical (unpaired) electrons. The zero-order valence-electron chi connectivity index (χ0n) is 14.1. The Labute approximate surface area is 149 Å². The number of pyridine rings is 2. The number of aliphatic hydroxyl groups is 1. The van der Waals surface area contributed by atoms with Crippen molar-refractivity contribution in [3.8, 4) is 11.3 Å². The molecule has 4 heterocycles. The first-order chi connectivity index (χ1) is 12.1. The molecule has 1 fully saturated rings. The third-order valence-electron chi connectivity index (χ3n) is 4.75. The predicted octanol–water partition coefficient (Wildman–Crippen LogP) is 4.18. The number of nitrogens with zero attached hydrogens (tertiary/aromatic N) is 4. The lowest BCUT2D eigenvalue weighted by atomic mass is 10.0. The number of rotatable bonds is 3. The first-order valence-electron chi connectivity index (χ1n) is 8.51. The van der Waals surface area contributed by atoms with E-state index in [1.165, 1.54) is 23.8 Å². The molecule has 5 rings (SSSR count). The van der Waals surface area contributed by atoms with Gasteiger partial charge in [0.15, 0.2) is 5.65 Å². The molecule has 0 spiro atoms. The van der Waals surface area contributed by atoms with E-state index in [4.69, 9.17) is 4.98 Å². The maximum atomic E-state index is 9.94. The van der Waals surface area contributed by atoms with E-state index >= 15 is 0 Å². The lowest BCUT2D eigenvalue weighted by Crippen LogP contribution is -1.90. The van der Waals surface area contributed by atoms with Crippen molar-refractivity contribution in [2.75, 3.05) is 0 Å². The second-order valence-corrected chi connectivity index (χ2v) is 7.92. The minimum atomic E-state index is -0.455. The number of aryl methyl sites for hydroxylation is 1. The van der Waals surface area contributed by atoms with Crippen LogP contribution in [0.5, 0.6) is 0 Å². The van der Waals surface area contributed by atoms with Gasteiger partial charge in [-0.05, 0) is 49.4 Å². The summed E-state index contributed by atoms with van der Waals surface area (Å²) in [5.41, 5.74) is 4.07. The van der Waals surface area contributed by atoms with Crippen molar-refractivity contribution in [2.45, 2.75) is 31.8 Å². The van der Waals surface area contributed by atoms with Crippen LogP contribution < -0.4 is 0 Å². The molecule has 1 N–H and O–H groups in total. The van der Waals surface area contributed by atoms with Gasteiger partial charge in [0, 0.05) is 40.7 Å². The molecular formula is C19H18N4OS. The highest BCUT2D eigenvalue weighted by molar-refractivity contribution is 7.18. The fourth-order valence-corrected chi connectivity index (χ4v) is 4.32. The molecule has 4 aromatic rings. The van der Waals surface area contributed by atoms with Crippen LogP contribution in [0, 0.1) is 0 Å². The number of thiophene rings is 1. The van der Waals surface area contributed by atoms with Gasteiger partial charge in [-0.2, -0.15) is 5.10 Å². The number of aromatic nitrogens is 4. The van der Waals surface area contributed by atoms with Crippen LogP contribution in [0.3, 0.4) is 0 Å². The second kappa shape index (κ2) is 5.34. The monoisotopic (exact) mass is 350 g/mol. The maximum absolute atomic E-state index is 9.94. The summed E-state index contributed by atoms with van der Waals surface area (Å²) in [5, 5.41) is 16.5. The average Bonchev–Trinajstić information content (AvgIpc) is 3.21. The van der Waals surface area contributed by atoms with Crippen LogP contribution in [0.2, 0.25) is 0 Å². The number of hydrogen-bond acceptors (Lipinski definition) is 5. The lowest BCUT2D eigenvalue weighted by Gasteiger charge is -2.06. The Morgan fingerprint density at radius 3 is 2.88 bits per heavy atom. The van der Waals surface area contributed by atoms with Crippen LogP contribution in [0.1, 0.15) is 42.2 Å². The van der Waals surface area contributed by atoms with Gasteiger partial charge >= 0.3 is 0 Å². The zero-order valence-corrected chi connectivity index (χ0v) is 14.9. The summed E-state index contributed by atoms with van der Waals surface area (Å²) in [7, 11) is 1.90. The Kier molecular flexibility index (Phi) is 3.20. The van der Waals surface area contributed by atoms with E-state index in [9.17, 15) is 5.11 Å². The van der Waals surface area contributed by atoms with Gasteiger partial charge in [-0.15, -0.1) is 11.3 Å².